The maximum Gasteiger partial charge on any atom is 0.425 e. The molecule has 14 heteroatoms. The molecule has 9 nitrogen and oxygen atoms in total. The fourth-order valence-electron chi connectivity index (χ4n) is 3.65. The van der Waals surface area contributed by atoms with E-state index in [-0.39, 0.29) is 23.0 Å². The first-order valence-corrected chi connectivity index (χ1v) is 11.2. The number of aromatic nitrogens is 1. The number of fused-ring (bicyclic) bond motifs is 1. The maximum atomic E-state index is 15.3. The average molecular weight is 532 g/mol. The first kappa shape index (κ1) is 25.9. The van der Waals surface area contributed by atoms with Gasteiger partial charge in [-0.3, -0.25) is 9.78 Å². The van der Waals surface area contributed by atoms with E-state index < -0.39 is 41.7 Å². The number of ether oxygens (including phenoxy) is 2. The normalized spacial score (nSPS) is 18.9. The lowest BCUT2D eigenvalue weighted by Gasteiger charge is -2.27. The standard InChI is InChI=1S/C22H22ClF4N5O4/c1-11-19(14(23)4-5-28-11)29-20(33)13-8-15(24)16(9-17(13)36-12(2)22(25,26)27)32-21(34)31-6-3-7-35-10-18(31)30-32/h4-5,8-9,12,21,34H,3,6-7,10H2,1-2H3,(H,29,33)/t12-,21?/m0/s1. The predicted octanol–water partition coefficient (Wildman–Crippen LogP) is 3.90. The van der Waals surface area contributed by atoms with Gasteiger partial charge < -0.3 is 24.8 Å². The Morgan fingerprint density at radius 2 is 2.14 bits per heavy atom. The lowest BCUT2D eigenvalue weighted by molar-refractivity contribution is -0.189. The minimum atomic E-state index is -4.77. The molecule has 1 saturated heterocycles. The molecular weight excluding hydrogens is 510 g/mol. The molecule has 1 amide bonds. The lowest BCUT2D eigenvalue weighted by Crippen LogP contribution is -2.43. The number of anilines is 2. The second-order valence-electron chi connectivity index (χ2n) is 8.12. The summed E-state index contributed by atoms with van der Waals surface area (Å²) in [5.74, 6) is -2.24. The summed E-state index contributed by atoms with van der Waals surface area (Å²) < 4.78 is 65.6. The number of nitrogens with one attached hydrogen (secondary N) is 1. The number of hydrazone groups is 1. The van der Waals surface area contributed by atoms with E-state index in [4.69, 9.17) is 21.1 Å². The SMILES string of the molecule is Cc1nccc(Cl)c1NC(=O)c1cc(F)c(N2N=C3COCCCN3C2O)cc1O[C@@H](C)C(F)(F)F. The summed E-state index contributed by atoms with van der Waals surface area (Å²) in [4.78, 5) is 18.5. The van der Waals surface area contributed by atoms with Crippen molar-refractivity contribution in [3.8, 4) is 5.75 Å². The molecule has 2 atom stereocenters. The van der Waals surface area contributed by atoms with Crippen molar-refractivity contribution in [1.29, 1.82) is 0 Å². The Bertz CT molecular complexity index is 1180. The largest absolute Gasteiger partial charge is 0.480 e. The van der Waals surface area contributed by atoms with Gasteiger partial charge >= 0.3 is 6.18 Å². The van der Waals surface area contributed by atoms with Crippen molar-refractivity contribution in [2.24, 2.45) is 5.10 Å². The van der Waals surface area contributed by atoms with Crippen LogP contribution in [-0.2, 0) is 4.74 Å². The number of aliphatic hydroxyl groups excluding tert-OH is 1. The molecule has 1 aromatic heterocycles. The highest BCUT2D eigenvalue weighted by atomic mass is 35.5. The number of rotatable bonds is 5. The highest BCUT2D eigenvalue weighted by Crippen LogP contribution is 2.36. The number of amidine groups is 1. The summed E-state index contributed by atoms with van der Waals surface area (Å²) in [7, 11) is 0. The van der Waals surface area contributed by atoms with E-state index in [1.807, 2.05) is 0 Å². The maximum absolute atomic E-state index is 15.3. The molecule has 2 aliphatic rings. The smallest absolute Gasteiger partial charge is 0.425 e. The van der Waals surface area contributed by atoms with Gasteiger partial charge in [-0.2, -0.15) is 18.3 Å². The third kappa shape index (κ3) is 5.18. The van der Waals surface area contributed by atoms with Gasteiger partial charge in [0.05, 0.1) is 22.0 Å². The molecule has 1 fully saturated rings. The number of alkyl halides is 3. The van der Waals surface area contributed by atoms with E-state index in [9.17, 15) is 23.1 Å². The van der Waals surface area contributed by atoms with Crippen molar-refractivity contribution in [3.05, 3.63) is 46.5 Å². The number of carbonyl (C=O) groups is 1. The molecule has 1 unspecified atom stereocenters. The van der Waals surface area contributed by atoms with E-state index in [1.165, 1.54) is 17.2 Å². The Balaban J connectivity index is 1.74. The molecule has 36 heavy (non-hydrogen) atoms. The molecule has 2 aliphatic heterocycles. The Morgan fingerprint density at radius 1 is 1.39 bits per heavy atom. The van der Waals surface area contributed by atoms with Crippen LogP contribution in [0.3, 0.4) is 0 Å². The molecule has 0 aliphatic carbocycles. The number of nitrogens with zero attached hydrogens (tertiary/aromatic N) is 4. The van der Waals surface area contributed by atoms with E-state index >= 15 is 4.39 Å². The minimum Gasteiger partial charge on any atom is -0.480 e. The van der Waals surface area contributed by atoms with Gasteiger partial charge in [0, 0.05) is 25.4 Å². The molecule has 2 aromatic rings. The number of benzene rings is 1. The summed E-state index contributed by atoms with van der Waals surface area (Å²) >= 11 is 6.10. The van der Waals surface area contributed by atoms with Gasteiger partial charge in [-0.05, 0) is 32.4 Å². The summed E-state index contributed by atoms with van der Waals surface area (Å²) in [5, 5.41) is 18.4. The number of hydrogen-bond acceptors (Lipinski definition) is 8. The van der Waals surface area contributed by atoms with Gasteiger partial charge in [0.1, 0.15) is 23.9 Å². The van der Waals surface area contributed by atoms with Crippen LogP contribution in [0.5, 0.6) is 5.75 Å². The van der Waals surface area contributed by atoms with Crippen molar-refractivity contribution < 1.29 is 36.9 Å². The van der Waals surface area contributed by atoms with Gasteiger partial charge in [-0.25, -0.2) is 9.40 Å². The fourth-order valence-corrected chi connectivity index (χ4v) is 3.89. The molecular formula is C22H22ClF4N5O4. The molecule has 1 aromatic carbocycles. The molecule has 3 heterocycles. The quantitative estimate of drug-likeness (QED) is 0.565. The Morgan fingerprint density at radius 3 is 2.83 bits per heavy atom. The van der Waals surface area contributed by atoms with Gasteiger partial charge in [0.15, 0.2) is 11.9 Å². The van der Waals surface area contributed by atoms with Crippen LogP contribution in [-0.4, -0.2) is 65.1 Å². The summed E-state index contributed by atoms with van der Waals surface area (Å²) in [5.41, 5.74) is -0.465. The van der Waals surface area contributed by atoms with Crippen molar-refractivity contribution >= 4 is 34.7 Å². The topological polar surface area (TPSA) is 99.5 Å². The Labute approximate surface area is 208 Å². The van der Waals surface area contributed by atoms with E-state index in [1.54, 1.807) is 6.92 Å². The van der Waals surface area contributed by atoms with Gasteiger partial charge in [0.25, 0.3) is 5.91 Å². The van der Waals surface area contributed by atoms with Crippen LogP contribution < -0.4 is 15.1 Å². The van der Waals surface area contributed by atoms with E-state index in [0.717, 1.165) is 24.1 Å². The molecule has 2 N–H and O–H groups in total. The Kier molecular flexibility index (Phi) is 7.25. The van der Waals surface area contributed by atoms with Crippen LogP contribution in [0.4, 0.5) is 28.9 Å². The van der Waals surface area contributed by atoms with E-state index in [2.05, 4.69) is 15.4 Å². The third-order valence-corrected chi connectivity index (χ3v) is 5.92. The zero-order valence-corrected chi connectivity index (χ0v) is 19.9. The molecule has 0 saturated carbocycles. The van der Waals surface area contributed by atoms with Crippen molar-refractivity contribution in [3.63, 3.8) is 0 Å². The van der Waals surface area contributed by atoms with Gasteiger partial charge in [-0.1, -0.05) is 11.6 Å². The summed E-state index contributed by atoms with van der Waals surface area (Å²) in [6.45, 7) is 3.20. The zero-order chi connectivity index (χ0) is 26.2. The number of aliphatic hydroxyl groups is 1. The molecule has 0 bridgehead atoms. The van der Waals surface area contributed by atoms with Gasteiger partial charge in [0.2, 0.25) is 6.35 Å². The van der Waals surface area contributed by atoms with Crippen LogP contribution in [0.1, 0.15) is 29.4 Å². The monoisotopic (exact) mass is 531 g/mol. The molecule has 194 valence electrons. The van der Waals surface area contributed by atoms with E-state index in [0.29, 0.717) is 31.1 Å². The predicted molar refractivity (Wildman–Crippen MR) is 123 cm³/mol. The van der Waals surface area contributed by atoms with Crippen LogP contribution >= 0.6 is 11.6 Å². The van der Waals surface area contributed by atoms with Crippen LogP contribution in [0.25, 0.3) is 0 Å². The fraction of sp³-hybridized carbons (Fsp3) is 0.409. The molecule has 0 radical (unpaired) electrons. The molecule has 4 rings (SSSR count). The number of carbonyl (C=O) groups excluding carboxylic acids is 1. The highest BCUT2D eigenvalue weighted by Gasteiger charge is 2.40. The van der Waals surface area contributed by atoms with Crippen LogP contribution in [0.15, 0.2) is 29.5 Å². The number of hydrogen-bond donors (Lipinski definition) is 2. The zero-order valence-electron chi connectivity index (χ0n) is 19.1. The van der Waals surface area contributed by atoms with Crippen molar-refractivity contribution in [2.75, 3.05) is 30.1 Å². The average Bonchev–Trinajstić information content (AvgIpc) is 2.96. The van der Waals surface area contributed by atoms with Crippen molar-refractivity contribution in [1.82, 2.24) is 9.88 Å². The van der Waals surface area contributed by atoms with Crippen molar-refractivity contribution in [2.45, 2.75) is 38.9 Å². The second kappa shape index (κ2) is 10.1. The number of pyridine rings is 1. The van der Waals surface area contributed by atoms with Gasteiger partial charge in [-0.15, -0.1) is 0 Å². The third-order valence-electron chi connectivity index (χ3n) is 5.60. The Hall–Kier alpha value is -3.16. The lowest BCUT2D eigenvalue weighted by atomic mass is 10.1. The summed E-state index contributed by atoms with van der Waals surface area (Å²) in [6.07, 6.45) is -6.54. The minimum absolute atomic E-state index is 0.0648. The number of amides is 1. The first-order chi connectivity index (χ1) is 17.0. The second-order valence-corrected chi connectivity index (χ2v) is 8.52. The van der Waals surface area contributed by atoms with Crippen LogP contribution in [0.2, 0.25) is 5.02 Å². The highest BCUT2D eigenvalue weighted by molar-refractivity contribution is 6.34. The number of aryl methyl sites for hydroxylation is 1. The van der Waals surface area contributed by atoms with Crippen LogP contribution in [0, 0.1) is 12.7 Å². The molecule has 0 spiro atoms. The number of halogens is 5. The summed E-state index contributed by atoms with van der Waals surface area (Å²) in [6, 6.07) is 3.02. The first-order valence-electron chi connectivity index (χ1n) is 10.9.